The van der Waals surface area contributed by atoms with Gasteiger partial charge in [0.15, 0.2) is 0 Å². The van der Waals surface area contributed by atoms with E-state index in [0.29, 0.717) is 6.61 Å². The maximum absolute atomic E-state index is 9.63. The zero-order valence-corrected chi connectivity index (χ0v) is 28.8. The lowest BCUT2D eigenvalue weighted by Crippen LogP contribution is -3.02. The molecule has 0 aromatic rings. The van der Waals surface area contributed by atoms with Crippen molar-refractivity contribution in [1.82, 2.24) is 0 Å². The minimum atomic E-state index is -1.43. The molecule has 27 heavy (non-hydrogen) atoms. The molecule has 0 bridgehead atoms. The molecule has 0 rings (SSSR count). The Bertz CT molecular complexity index is 435. The van der Waals surface area contributed by atoms with Crippen LogP contribution in [0.15, 0.2) is 0 Å². The number of hydrogen-bond donors (Lipinski definition) is 1. The summed E-state index contributed by atoms with van der Waals surface area (Å²) in [5.74, 6) is 0. The van der Waals surface area contributed by atoms with Gasteiger partial charge in [-0.25, -0.2) is 0 Å². The smallest absolute Gasteiger partial charge is 0.0430 e. The van der Waals surface area contributed by atoms with E-state index >= 15 is 0 Å². The molecule has 0 unspecified atom stereocenters. The summed E-state index contributed by atoms with van der Waals surface area (Å²) in [6.45, 7) is 41.2. The first kappa shape index (κ1) is 28.5. The van der Waals surface area contributed by atoms with E-state index in [1.54, 1.807) is 6.04 Å². The standard InChI is InChI=1S/C19H54OSi7/c1-21(2,3)26(22(4,5)6,19-17-16-18-20)27(23(7,8)9,24(10,11)12)25(13,14)15/h20H,16-19H2,1-15H3. The lowest BCUT2D eigenvalue weighted by atomic mass is 10.4. The fourth-order valence-corrected chi connectivity index (χ4v) is 340. The molecule has 0 radical (unpaired) electrons. The molecule has 0 aromatic heterocycles. The lowest BCUT2D eigenvalue weighted by Gasteiger charge is -2.73. The fourth-order valence-electron chi connectivity index (χ4n) is 8.98. The first-order valence-electron chi connectivity index (χ1n) is 11.2. The highest BCUT2D eigenvalue weighted by molar-refractivity contribution is 8.19. The van der Waals surface area contributed by atoms with Crippen LogP contribution in [-0.4, -0.2) is 62.4 Å². The third kappa shape index (κ3) is 4.72. The number of aliphatic hydroxyl groups is 1. The number of aliphatic hydroxyl groups excluding tert-OH is 1. The van der Waals surface area contributed by atoms with E-state index in [1.807, 2.05) is 0 Å². The topological polar surface area (TPSA) is 20.2 Å². The van der Waals surface area contributed by atoms with Gasteiger partial charge in [-0.1, -0.05) is 111 Å². The summed E-state index contributed by atoms with van der Waals surface area (Å²) in [6, 6.07) is 1.57. The molecule has 0 atom stereocenters. The summed E-state index contributed by atoms with van der Waals surface area (Å²) in [4.78, 5) is 0. The second-order valence-corrected chi connectivity index (χ2v) is 93.1. The zero-order valence-electron chi connectivity index (χ0n) is 21.8. The van der Waals surface area contributed by atoms with Gasteiger partial charge in [-0.3, -0.25) is 0 Å². The van der Waals surface area contributed by atoms with E-state index in [4.69, 9.17) is 0 Å². The average Bonchev–Trinajstić information content (AvgIpc) is 2.29. The molecule has 164 valence electrons. The van der Waals surface area contributed by atoms with E-state index in [2.05, 4.69) is 98.2 Å². The van der Waals surface area contributed by atoms with Gasteiger partial charge >= 0.3 is 0 Å². The summed E-state index contributed by atoms with van der Waals surface area (Å²) in [7, 11) is -6.48. The minimum absolute atomic E-state index is 0.392. The molecule has 0 aliphatic rings. The number of unbranched alkanes of at least 4 members (excludes halogenated alkanes) is 1. The van der Waals surface area contributed by atoms with Gasteiger partial charge < -0.3 is 5.11 Å². The van der Waals surface area contributed by atoms with Crippen molar-refractivity contribution in [3.8, 4) is 0 Å². The van der Waals surface area contributed by atoms with Gasteiger partial charge in [0.2, 0.25) is 0 Å². The normalized spacial score (nSPS) is 16.0. The number of hydrogen-bond acceptors (Lipinski definition) is 1. The third-order valence-electron chi connectivity index (χ3n) is 7.54. The van der Waals surface area contributed by atoms with E-state index < -0.39 is 50.7 Å². The van der Waals surface area contributed by atoms with Crippen molar-refractivity contribution in [2.45, 2.75) is 117 Å². The fraction of sp³-hybridized carbons (Fsp3) is 1.00. The van der Waals surface area contributed by atoms with Crippen molar-refractivity contribution in [3.05, 3.63) is 0 Å². The molecule has 0 aliphatic carbocycles. The van der Waals surface area contributed by atoms with Crippen LogP contribution in [0.3, 0.4) is 0 Å². The molecule has 0 amide bonds. The Labute approximate surface area is 179 Å². The summed E-state index contributed by atoms with van der Waals surface area (Å²) in [6.07, 6.45) is 0.947. The molecule has 0 aromatic carbocycles. The summed E-state index contributed by atoms with van der Waals surface area (Å²) in [5.41, 5.74) is 0. The molecule has 0 saturated carbocycles. The Balaban J connectivity index is 7.60. The molecule has 1 nitrogen and oxygen atoms in total. The van der Waals surface area contributed by atoms with Crippen LogP contribution in [0.5, 0.6) is 0 Å². The summed E-state index contributed by atoms with van der Waals surface area (Å²) in [5, 5.41) is 9.63. The largest absolute Gasteiger partial charge is 0.396 e. The van der Waals surface area contributed by atoms with Crippen molar-refractivity contribution < 1.29 is 5.11 Å². The van der Waals surface area contributed by atoms with Gasteiger partial charge in [0.1, 0.15) is 0 Å². The van der Waals surface area contributed by atoms with Crippen molar-refractivity contribution >= 4 is 50.7 Å². The molecule has 0 fully saturated rings. The van der Waals surface area contributed by atoms with E-state index in [9.17, 15) is 5.11 Å². The molecule has 1 N–H and O–H groups in total. The Hall–Kier alpha value is 1.48. The minimum Gasteiger partial charge on any atom is -0.396 e. The molecule has 0 heterocycles. The highest BCUT2D eigenvalue weighted by atomic mass is 30.3. The maximum atomic E-state index is 9.63. The molecule has 8 heteroatoms. The van der Waals surface area contributed by atoms with Gasteiger partial charge in [0.25, 0.3) is 0 Å². The highest BCUT2D eigenvalue weighted by Crippen LogP contribution is 2.52. The maximum Gasteiger partial charge on any atom is 0.0430 e. The van der Waals surface area contributed by atoms with Crippen LogP contribution in [-0.2, 0) is 0 Å². The van der Waals surface area contributed by atoms with E-state index in [0.717, 1.165) is 6.42 Å². The molecule has 0 spiro atoms. The summed E-state index contributed by atoms with van der Waals surface area (Å²) < 4.78 is 0. The predicted octanol–water partition coefficient (Wildman–Crippen LogP) is 6.82. The Morgan fingerprint density at radius 3 is 0.926 bits per heavy atom. The monoisotopic (exact) mass is 494 g/mol. The van der Waals surface area contributed by atoms with E-state index in [-0.39, 0.29) is 0 Å². The predicted molar refractivity (Wildman–Crippen MR) is 149 cm³/mol. The van der Waals surface area contributed by atoms with Gasteiger partial charge in [-0.05, 0) is 6.42 Å². The van der Waals surface area contributed by atoms with Crippen LogP contribution >= 0.6 is 0 Å². The molecule has 0 aliphatic heterocycles. The SMILES string of the molecule is C[Si](C)(C)[Si](CCCCO)([Si](C)(C)C)[Si]([Si](C)(C)C)([Si](C)(C)C)[Si](C)(C)C. The van der Waals surface area contributed by atoms with Crippen LogP contribution in [0.2, 0.25) is 104 Å². The van der Waals surface area contributed by atoms with Crippen LogP contribution in [0.25, 0.3) is 0 Å². The first-order valence-corrected chi connectivity index (χ1v) is 38.9. The lowest BCUT2D eigenvalue weighted by molar-refractivity contribution is 0.287. The Kier molecular flexibility index (Phi) is 9.01. The zero-order chi connectivity index (χ0) is 22.3. The van der Waals surface area contributed by atoms with Crippen molar-refractivity contribution in [3.63, 3.8) is 0 Å². The van der Waals surface area contributed by atoms with Crippen LogP contribution < -0.4 is 0 Å². The second kappa shape index (κ2) is 8.55. The van der Waals surface area contributed by atoms with Gasteiger partial charge in [0.05, 0.1) is 0 Å². The average molecular weight is 495 g/mol. The quantitative estimate of drug-likeness (QED) is 0.261. The van der Waals surface area contributed by atoms with Crippen LogP contribution in [0.4, 0.5) is 0 Å². The van der Waals surface area contributed by atoms with Crippen molar-refractivity contribution in [1.29, 1.82) is 0 Å². The third-order valence-corrected chi connectivity index (χ3v) is 183. The van der Waals surface area contributed by atoms with Crippen LogP contribution in [0.1, 0.15) is 12.8 Å². The van der Waals surface area contributed by atoms with Gasteiger partial charge in [-0.2, -0.15) is 0 Å². The summed E-state index contributed by atoms with van der Waals surface area (Å²) >= 11 is 0. The second-order valence-electron chi connectivity index (χ2n) is 14.1. The Morgan fingerprint density at radius 1 is 0.444 bits per heavy atom. The van der Waals surface area contributed by atoms with Gasteiger partial charge in [0, 0.05) is 57.3 Å². The molecular formula is C19H54OSi7. The van der Waals surface area contributed by atoms with E-state index in [1.165, 1.54) is 6.42 Å². The van der Waals surface area contributed by atoms with Crippen molar-refractivity contribution in [2.24, 2.45) is 0 Å². The van der Waals surface area contributed by atoms with Crippen LogP contribution in [0, 0.1) is 0 Å². The molecular weight excluding hydrogens is 441 g/mol. The number of rotatable bonds is 10. The Morgan fingerprint density at radius 2 is 0.741 bits per heavy atom. The highest BCUT2D eigenvalue weighted by Gasteiger charge is 2.76. The first-order chi connectivity index (χ1) is 11.6. The van der Waals surface area contributed by atoms with Gasteiger partial charge in [-0.15, -0.1) is 0 Å². The van der Waals surface area contributed by atoms with Crippen molar-refractivity contribution in [2.75, 3.05) is 6.61 Å². The molecule has 0 saturated heterocycles.